The number of thioether (sulfide) groups is 1. The lowest BCUT2D eigenvalue weighted by atomic mass is 10.1. The summed E-state index contributed by atoms with van der Waals surface area (Å²) in [6.07, 6.45) is 1.96. The average Bonchev–Trinajstić information content (AvgIpc) is 3.57. The SMILES string of the molecule is Cc1cccc2nc(CSC3=Nc4ccccc4C4=NC(=O)C(CCC(=O)NCc5ccco5)N34)cc(=O)n12. The van der Waals surface area contributed by atoms with Crippen molar-refractivity contribution >= 4 is 45.9 Å². The normalized spacial score (nSPS) is 16.1. The molecule has 1 unspecified atom stereocenters. The number of hydrogen-bond acceptors (Lipinski definition) is 8. The number of pyridine rings is 1. The summed E-state index contributed by atoms with van der Waals surface area (Å²) in [5, 5.41) is 3.39. The van der Waals surface area contributed by atoms with Crippen LogP contribution < -0.4 is 10.9 Å². The van der Waals surface area contributed by atoms with Gasteiger partial charge in [-0.2, -0.15) is 4.99 Å². The Kier molecular flexibility index (Phi) is 6.57. The Hall–Kier alpha value is -4.51. The maximum atomic E-state index is 13.1. The number of carbonyl (C=O) groups is 2. The summed E-state index contributed by atoms with van der Waals surface area (Å²) in [6.45, 7) is 2.14. The van der Waals surface area contributed by atoms with Gasteiger partial charge < -0.3 is 9.73 Å². The standard InChI is InChI=1S/C28H24N6O4S/c1-17-6-4-10-23-30-18(14-25(36)33(17)23)16-39-28-31-21-9-3-2-8-20(21)26-32-27(37)22(34(26)28)11-12-24(35)29-15-19-7-5-13-38-19/h2-10,13-14,22H,11-12,15-16H2,1H3,(H,29,35). The fraction of sp³-hybridized carbons (Fsp3) is 0.214. The van der Waals surface area contributed by atoms with Crippen LogP contribution in [0.15, 0.2) is 86.1 Å². The van der Waals surface area contributed by atoms with Crippen LogP contribution in [0.5, 0.6) is 0 Å². The van der Waals surface area contributed by atoms with E-state index in [-0.39, 0.29) is 36.8 Å². The van der Waals surface area contributed by atoms with Gasteiger partial charge in [0.05, 0.1) is 24.2 Å². The number of hydrogen-bond donors (Lipinski definition) is 1. The van der Waals surface area contributed by atoms with Crippen molar-refractivity contribution in [3.63, 3.8) is 0 Å². The molecule has 0 bridgehead atoms. The van der Waals surface area contributed by atoms with Crippen LogP contribution in [0, 0.1) is 6.92 Å². The van der Waals surface area contributed by atoms with Crippen molar-refractivity contribution in [3.05, 3.63) is 100.0 Å². The molecule has 11 heteroatoms. The van der Waals surface area contributed by atoms with E-state index in [0.717, 1.165) is 11.3 Å². The van der Waals surface area contributed by atoms with Gasteiger partial charge in [-0.05, 0) is 49.7 Å². The Morgan fingerprint density at radius 3 is 2.79 bits per heavy atom. The molecule has 3 aromatic heterocycles. The molecule has 5 heterocycles. The molecule has 2 aliphatic rings. The molecule has 1 atom stereocenters. The summed E-state index contributed by atoms with van der Waals surface area (Å²) < 4.78 is 6.83. The van der Waals surface area contributed by atoms with E-state index in [9.17, 15) is 14.4 Å². The summed E-state index contributed by atoms with van der Waals surface area (Å²) in [4.78, 5) is 54.0. The fourth-order valence-electron chi connectivity index (χ4n) is 4.71. The molecule has 0 aliphatic carbocycles. The third-order valence-electron chi connectivity index (χ3n) is 6.58. The molecule has 0 saturated carbocycles. The van der Waals surface area contributed by atoms with Crippen molar-refractivity contribution in [1.29, 1.82) is 0 Å². The first kappa shape index (κ1) is 24.8. The van der Waals surface area contributed by atoms with E-state index >= 15 is 0 Å². The lowest BCUT2D eigenvalue weighted by Crippen LogP contribution is -2.44. The molecular weight excluding hydrogens is 516 g/mol. The molecule has 196 valence electrons. The molecule has 2 amide bonds. The van der Waals surface area contributed by atoms with E-state index in [0.29, 0.717) is 39.5 Å². The van der Waals surface area contributed by atoms with Gasteiger partial charge in [-0.15, -0.1) is 0 Å². The number of rotatable bonds is 7. The number of aromatic nitrogens is 2. The number of nitrogens with zero attached hydrogens (tertiary/aromatic N) is 5. The van der Waals surface area contributed by atoms with Gasteiger partial charge in [0, 0.05) is 29.5 Å². The molecule has 4 aromatic rings. The fourth-order valence-corrected chi connectivity index (χ4v) is 5.65. The Morgan fingerprint density at radius 1 is 1.08 bits per heavy atom. The van der Waals surface area contributed by atoms with E-state index in [2.05, 4.69) is 15.3 Å². The predicted molar refractivity (Wildman–Crippen MR) is 148 cm³/mol. The van der Waals surface area contributed by atoms with Crippen LogP contribution in [0.3, 0.4) is 0 Å². The lowest BCUT2D eigenvalue weighted by molar-refractivity contribution is -0.122. The molecule has 0 spiro atoms. The molecule has 0 saturated heterocycles. The van der Waals surface area contributed by atoms with Crippen molar-refractivity contribution in [2.24, 2.45) is 9.98 Å². The van der Waals surface area contributed by atoms with E-state index in [1.807, 2.05) is 48.2 Å². The van der Waals surface area contributed by atoms with E-state index in [1.165, 1.54) is 17.8 Å². The van der Waals surface area contributed by atoms with Gasteiger partial charge in [0.15, 0.2) is 5.17 Å². The third kappa shape index (κ3) is 4.88. The number of benzene rings is 1. The van der Waals surface area contributed by atoms with Crippen LogP contribution in [0.2, 0.25) is 0 Å². The first-order valence-electron chi connectivity index (χ1n) is 12.5. The molecule has 0 radical (unpaired) electrons. The smallest absolute Gasteiger partial charge is 0.270 e. The molecule has 6 rings (SSSR count). The maximum absolute atomic E-state index is 13.1. The van der Waals surface area contributed by atoms with Gasteiger partial charge in [-0.3, -0.25) is 23.7 Å². The van der Waals surface area contributed by atoms with Crippen LogP contribution in [-0.2, 0) is 21.9 Å². The second-order valence-electron chi connectivity index (χ2n) is 9.20. The van der Waals surface area contributed by atoms with Crippen molar-refractivity contribution in [2.75, 3.05) is 0 Å². The van der Waals surface area contributed by atoms with Gasteiger partial charge in [0.2, 0.25) is 5.91 Å². The van der Waals surface area contributed by atoms with Crippen LogP contribution in [0.1, 0.15) is 35.6 Å². The molecule has 39 heavy (non-hydrogen) atoms. The van der Waals surface area contributed by atoms with Crippen LogP contribution in [0.25, 0.3) is 5.65 Å². The number of fused-ring (bicyclic) bond motifs is 4. The predicted octanol–water partition coefficient (Wildman–Crippen LogP) is 3.58. The number of aryl methyl sites for hydroxylation is 1. The minimum atomic E-state index is -0.660. The number of carbonyl (C=O) groups excluding carboxylic acids is 2. The zero-order chi connectivity index (χ0) is 26.9. The summed E-state index contributed by atoms with van der Waals surface area (Å²) >= 11 is 1.38. The largest absolute Gasteiger partial charge is 0.467 e. The number of amidine groups is 2. The second kappa shape index (κ2) is 10.3. The second-order valence-corrected chi connectivity index (χ2v) is 10.1. The molecular formula is C28H24N6O4S. The molecule has 2 aliphatic heterocycles. The van der Waals surface area contributed by atoms with Gasteiger partial charge in [-0.1, -0.05) is 30.0 Å². The number of aliphatic imine (C=N–C) groups is 2. The van der Waals surface area contributed by atoms with Gasteiger partial charge in [0.1, 0.15) is 23.3 Å². The monoisotopic (exact) mass is 540 g/mol. The number of para-hydroxylation sites is 1. The highest BCUT2D eigenvalue weighted by molar-refractivity contribution is 8.13. The highest BCUT2D eigenvalue weighted by atomic mass is 32.2. The third-order valence-corrected chi connectivity index (χ3v) is 7.56. The number of furan rings is 1. The zero-order valence-electron chi connectivity index (χ0n) is 21.0. The Morgan fingerprint density at radius 2 is 1.95 bits per heavy atom. The highest BCUT2D eigenvalue weighted by Crippen LogP contribution is 2.35. The summed E-state index contributed by atoms with van der Waals surface area (Å²) in [7, 11) is 0. The molecule has 10 nitrogen and oxygen atoms in total. The Balaban J connectivity index is 1.23. The molecule has 1 aromatic carbocycles. The van der Waals surface area contributed by atoms with Gasteiger partial charge in [0.25, 0.3) is 11.5 Å². The number of amides is 2. The zero-order valence-corrected chi connectivity index (χ0v) is 21.9. The first-order valence-corrected chi connectivity index (χ1v) is 13.5. The lowest BCUT2D eigenvalue weighted by Gasteiger charge is -2.31. The first-order chi connectivity index (χ1) is 19.0. The van der Waals surface area contributed by atoms with Crippen molar-refractivity contribution in [1.82, 2.24) is 19.6 Å². The van der Waals surface area contributed by atoms with E-state index in [4.69, 9.17) is 9.41 Å². The van der Waals surface area contributed by atoms with E-state index < -0.39 is 6.04 Å². The summed E-state index contributed by atoms with van der Waals surface area (Å²) in [5.41, 5.74) is 3.31. The van der Waals surface area contributed by atoms with Crippen molar-refractivity contribution < 1.29 is 14.0 Å². The number of nitrogens with one attached hydrogen (secondary N) is 1. The van der Waals surface area contributed by atoms with Gasteiger partial charge in [-0.25, -0.2) is 9.98 Å². The molecule has 0 fully saturated rings. The quantitative estimate of drug-likeness (QED) is 0.380. The van der Waals surface area contributed by atoms with Crippen molar-refractivity contribution in [2.45, 2.75) is 38.1 Å². The Bertz CT molecular complexity index is 1710. The Labute approximate surface area is 227 Å². The summed E-state index contributed by atoms with van der Waals surface area (Å²) in [6, 6.07) is 17.4. The van der Waals surface area contributed by atoms with Crippen molar-refractivity contribution in [3.8, 4) is 0 Å². The highest BCUT2D eigenvalue weighted by Gasteiger charge is 2.41. The molecule has 1 N–H and O–H groups in total. The van der Waals surface area contributed by atoms with Crippen LogP contribution in [0.4, 0.5) is 5.69 Å². The van der Waals surface area contributed by atoms with Gasteiger partial charge >= 0.3 is 0 Å². The topological polar surface area (TPSA) is 122 Å². The minimum absolute atomic E-state index is 0.137. The van der Waals surface area contributed by atoms with Crippen LogP contribution in [-0.4, -0.2) is 43.1 Å². The van der Waals surface area contributed by atoms with Crippen LogP contribution >= 0.6 is 11.8 Å². The maximum Gasteiger partial charge on any atom is 0.270 e. The summed E-state index contributed by atoms with van der Waals surface area (Å²) in [5.74, 6) is 1.05. The van der Waals surface area contributed by atoms with E-state index in [1.54, 1.807) is 28.9 Å². The average molecular weight is 541 g/mol. The minimum Gasteiger partial charge on any atom is -0.467 e.